The number of para-hydroxylation sites is 1. The standard InChI is InChI=1S/C33H28N2O2/c1-20-15-16-22(19-34)18-26(20)33(3,4)21(2)17-25-31(36)29(32(25)37)28-24-13-9-10-14-27(24)35(5)30(28)23-11-7-6-8-12-23/h6-18,36H,2H2,1,3-5H3/b25-17-. The quantitative estimate of drug-likeness (QED) is 0.301. The molecule has 182 valence electrons. The number of hydrogen-bond donors (Lipinski definition) is 1. The zero-order valence-corrected chi connectivity index (χ0v) is 21.5. The summed E-state index contributed by atoms with van der Waals surface area (Å²) in [6.07, 6.45) is 1.69. The molecule has 1 aliphatic rings. The van der Waals surface area contributed by atoms with Gasteiger partial charge < -0.3 is 9.67 Å². The number of aryl methyl sites for hydroxylation is 2. The Morgan fingerprint density at radius 2 is 1.73 bits per heavy atom. The van der Waals surface area contributed by atoms with Crippen molar-refractivity contribution < 1.29 is 9.90 Å². The molecule has 0 unspecified atom stereocenters. The van der Waals surface area contributed by atoms with Crippen molar-refractivity contribution in [3.63, 3.8) is 0 Å². The Balaban J connectivity index is 1.63. The predicted molar refractivity (Wildman–Crippen MR) is 149 cm³/mol. The van der Waals surface area contributed by atoms with Gasteiger partial charge in [-0.1, -0.05) is 75.0 Å². The summed E-state index contributed by atoms with van der Waals surface area (Å²) < 4.78 is 2.07. The number of benzene rings is 3. The Labute approximate surface area is 217 Å². The van der Waals surface area contributed by atoms with Crippen LogP contribution in [0, 0.1) is 18.3 Å². The van der Waals surface area contributed by atoms with E-state index in [1.54, 1.807) is 12.1 Å². The van der Waals surface area contributed by atoms with Crippen LogP contribution in [0.25, 0.3) is 27.7 Å². The van der Waals surface area contributed by atoms with Gasteiger partial charge in [0.1, 0.15) is 5.76 Å². The molecule has 0 radical (unpaired) electrons. The molecule has 1 aliphatic carbocycles. The third-order valence-corrected chi connectivity index (χ3v) is 7.53. The molecule has 3 aromatic carbocycles. The second-order valence-corrected chi connectivity index (χ2v) is 10.1. The average Bonchev–Trinajstić information content (AvgIpc) is 3.19. The smallest absolute Gasteiger partial charge is 0.201 e. The van der Waals surface area contributed by atoms with E-state index in [-0.39, 0.29) is 17.1 Å². The van der Waals surface area contributed by atoms with Crippen LogP contribution in [-0.4, -0.2) is 15.5 Å². The third kappa shape index (κ3) is 3.72. The number of carbonyl (C=O) groups is 1. The van der Waals surface area contributed by atoms with E-state index in [4.69, 9.17) is 0 Å². The molecule has 0 fully saturated rings. The minimum atomic E-state index is -0.547. The second-order valence-electron chi connectivity index (χ2n) is 10.1. The summed E-state index contributed by atoms with van der Waals surface area (Å²) in [4.78, 5) is 13.6. The topological polar surface area (TPSA) is 66.0 Å². The van der Waals surface area contributed by atoms with Crippen molar-refractivity contribution in [3.8, 4) is 17.3 Å². The fourth-order valence-electron chi connectivity index (χ4n) is 5.26. The minimum Gasteiger partial charge on any atom is -0.506 e. The lowest BCUT2D eigenvalue weighted by Gasteiger charge is -2.30. The highest BCUT2D eigenvalue weighted by Crippen LogP contribution is 2.46. The lowest BCUT2D eigenvalue weighted by atomic mass is 9.73. The minimum absolute atomic E-state index is 0.0158. The molecule has 1 heterocycles. The molecule has 0 saturated carbocycles. The Hall–Kier alpha value is -4.62. The molecule has 0 saturated heterocycles. The van der Waals surface area contributed by atoms with Crippen LogP contribution in [0.3, 0.4) is 0 Å². The summed E-state index contributed by atoms with van der Waals surface area (Å²) in [5.74, 6) is -0.219. The van der Waals surface area contributed by atoms with Gasteiger partial charge in [0.05, 0.1) is 28.5 Å². The van der Waals surface area contributed by atoms with Crippen LogP contribution in [-0.2, 0) is 17.3 Å². The first kappa shape index (κ1) is 24.1. The van der Waals surface area contributed by atoms with E-state index in [0.29, 0.717) is 16.7 Å². The molecular weight excluding hydrogens is 456 g/mol. The molecule has 0 spiro atoms. The van der Waals surface area contributed by atoms with Crippen LogP contribution in [0.5, 0.6) is 0 Å². The number of hydrogen-bond acceptors (Lipinski definition) is 3. The third-order valence-electron chi connectivity index (χ3n) is 7.53. The highest BCUT2D eigenvalue weighted by Gasteiger charge is 2.39. The summed E-state index contributed by atoms with van der Waals surface area (Å²) in [6, 6.07) is 25.6. The molecule has 1 N–H and O–H groups in total. The monoisotopic (exact) mass is 484 g/mol. The highest BCUT2D eigenvalue weighted by molar-refractivity contribution is 6.41. The van der Waals surface area contributed by atoms with Crippen LogP contribution < -0.4 is 0 Å². The average molecular weight is 485 g/mol. The normalized spacial score (nSPS) is 14.7. The lowest BCUT2D eigenvalue weighted by molar-refractivity contribution is -0.111. The molecule has 4 aromatic rings. The Bertz CT molecular complexity index is 1710. The maximum atomic E-state index is 13.6. The first-order valence-electron chi connectivity index (χ1n) is 12.2. The number of Topliss-reactive ketones (excluding diaryl/α,β-unsaturated/α-hetero) is 1. The van der Waals surface area contributed by atoms with Gasteiger partial charge in [0.15, 0.2) is 0 Å². The van der Waals surface area contributed by atoms with Crippen molar-refractivity contribution in [2.45, 2.75) is 26.2 Å². The van der Waals surface area contributed by atoms with Gasteiger partial charge in [-0.05, 0) is 53.5 Å². The number of aromatic nitrogens is 1. The largest absolute Gasteiger partial charge is 0.506 e. The number of ketones is 1. The number of carbonyl (C=O) groups excluding carboxylic acids is 1. The number of aliphatic hydroxyl groups excluding tert-OH is 1. The van der Waals surface area contributed by atoms with Crippen molar-refractivity contribution in [2.24, 2.45) is 7.05 Å². The predicted octanol–water partition coefficient (Wildman–Crippen LogP) is 7.34. The van der Waals surface area contributed by atoms with Gasteiger partial charge >= 0.3 is 0 Å². The first-order chi connectivity index (χ1) is 17.7. The van der Waals surface area contributed by atoms with E-state index >= 15 is 0 Å². The molecule has 37 heavy (non-hydrogen) atoms. The Kier molecular flexibility index (Phi) is 5.73. The van der Waals surface area contributed by atoms with E-state index in [2.05, 4.69) is 17.2 Å². The number of rotatable bonds is 5. The number of fused-ring (bicyclic) bond motifs is 1. The highest BCUT2D eigenvalue weighted by atomic mass is 16.3. The Morgan fingerprint density at radius 3 is 2.41 bits per heavy atom. The van der Waals surface area contributed by atoms with Gasteiger partial charge in [-0.2, -0.15) is 5.26 Å². The maximum absolute atomic E-state index is 13.6. The molecule has 0 bridgehead atoms. The fourth-order valence-corrected chi connectivity index (χ4v) is 5.26. The summed E-state index contributed by atoms with van der Waals surface area (Å²) in [5, 5.41) is 21.5. The van der Waals surface area contributed by atoms with E-state index < -0.39 is 5.41 Å². The molecule has 5 rings (SSSR count). The number of aliphatic hydroxyl groups is 1. The summed E-state index contributed by atoms with van der Waals surface area (Å²) in [7, 11) is 1.98. The van der Waals surface area contributed by atoms with Crippen molar-refractivity contribution in [1.82, 2.24) is 4.57 Å². The molecule has 4 nitrogen and oxygen atoms in total. The molecule has 1 aromatic heterocycles. The van der Waals surface area contributed by atoms with E-state index in [0.717, 1.165) is 38.9 Å². The Morgan fingerprint density at radius 1 is 1.05 bits per heavy atom. The van der Waals surface area contributed by atoms with Gasteiger partial charge in [-0.25, -0.2) is 0 Å². The van der Waals surface area contributed by atoms with Gasteiger partial charge in [0.25, 0.3) is 0 Å². The second kappa shape index (κ2) is 8.80. The number of allylic oxidation sites excluding steroid dienone is 4. The fraction of sp³-hybridized carbons (Fsp3) is 0.152. The van der Waals surface area contributed by atoms with Crippen LogP contribution in [0.2, 0.25) is 0 Å². The molecule has 0 amide bonds. The molecule has 4 heteroatoms. The van der Waals surface area contributed by atoms with Gasteiger partial charge in [0, 0.05) is 28.9 Å². The van der Waals surface area contributed by atoms with Crippen LogP contribution in [0.15, 0.2) is 102 Å². The number of nitrogens with zero attached hydrogens (tertiary/aromatic N) is 2. The summed E-state index contributed by atoms with van der Waals surface area (Å²) in [5.41, 5.74) is 6.88. The molecular formula is C33H28N2O2. The van der Waals surface area contributed by atoms with Gasteiger partial charge in [0.2, 0.25) is 5.78 Å². The molecule has 0 atom stereocenters. The summed E-state index contributed by atoms with van der Waals surface area (Å²) >= 11 is 0. The van der Waals surface area contributed by atoms with Gasteiger partial charge in [-0.3, -0.25) is 4.79 Å². The first-order valence-corrected chi connectivity index (χ1v) is 12.2. The zero-order chi connectivity index (χ0) is 26.5. The van der Waals surface area contributed by atoms with Crippen molar-refractivity contribution in [1.29, 1.82) is 5.26 Å². The van der Waals surface area contributed by atoms with Gasteiger partial charge in [-0.15, -0.1) is 0 Å². The lowest BCUT2D eigenvalue weighted by Crippen LogP contribution is -2.25. The van der Waals surface area contributed by atoms with E-state index in [9.17, 15) is 15.2 Å². The van der Waals surface area contributed by atoms with Crippen molar-refractivity contribution in [2.75, 3.05) is 0 Å². The summed E-state index contributed by atoms with van der Waals surface area (Å²) in [6.45, 7) is 10.3. The number of nitriles is 1. The SMILES string of the molecule is C=C(/C=C1\C(=O)C(c2c(-c3ccccc3)n(C)c3ccccc23)=C1O)C(C)(C)c1cc(C#N)ccc1C. The molecule has 0 aliphatic heterocycles. The van der Waals surface area contributed by atoms with Crippen LogP contribution in [0.4, 0.5) is 0 Å². The van der Waals surface area contributed by atoms with E-state index in [1.807, 2.05) is 94.5 Å². The van der Waals surface area contributed by atoms with Crippen molar-refractivity contribution >= 4 is 22.3 Å². The van der Waals surface area contributed by atoms with Crippen LogP contribution >= 0.6 is 0 Å². The maximum Gasteiger partial charge on any atom is 0.201 e. The van der Waals surface area contributed by atoms with E-state index in [1.165, 1.54) is 0 Å². The van der Waals surface area contributed by atoms with Crippen LogP contribution in [0.1, 0.15) is 36.1 Å². The van der Waals surface area contributed by atoms with Crippen molar-refractivity contribution in [3.05, 3.63) is 125 Å². The zero-order valence-electron chi connectivity index (χ0n) is 21.5.